The average Bonchev–Trinajstić information content (AvgIpc) is 3.70. The van der Waals surface area contributed by atoms with Crippen LogP contribution in [0.15, 0.2) is 102 Å². The Morgan fingerprint density at radius 3 is 1.57 bits per heavy atom. The molecule has 3 unspecified atom stereocenters. The van der Waals surface area contributed by atoms with Crippen molar-refractivity contribution in [2.24, 2.45) is 0 Å². The van der Waals surface area contributed by atoms with Gasteiger partial charge in [0.25, 0.3) is 0 Å². The summed E-state index contributed by atoms with van der Waals surface area (Å²) in [5, 5.41) is 15.4. The summed E-state index contributed by atoms with van der Waals surface area (Å²) < 4.78 is 0. The summed E-state index contributed by atoms with van der Waals surface area (Å²) in [6, 6.07) is 30.3. The van der Waals surface area contributed by atoms with E-state index in [9.17, 15) is 5.11 Å². The molecule has 0 amide bonds. The molecule has 0 aliphatic rings. The molecule has 214 valence electrons. The number of benzene rings is 2. The van der Waals surface area contributed by atoms with Gasteiger partial charge in [0.15, 0.2) is 0 Å². The van der Waals surface area contributed by atoms with E-state index in [-0.39, 0.29) is 5.41 Å². The van der Waals surface area contributed by atoms with Gasteiger partial charge in [0.05, 0.1) is 6.10 Å². The lowest BCUT2D eigenvalue weighted by Gasteiger charge is -2.42. The van der Waals surface area contributed by atoms with E-state index < -0.39 is 6.10 Å². The fourth-order valence-electron chi connectivity index (χ4n) is 4.93. The zero-order valence-corrected chi connectivity index (χ0v) is 26.8. The van der Waals surface area contributed by atoms with Crippen molar-refractivity contribution in [2.75, 3.05) is 28.2 Å². The fraction of sp³-hybridized carbons (Fsp3) is 0.371. The zero-order chi connectivity index (χ0) is 29.1. The summed E-state index contributed by atoms with van der Waals surface area (Å²) in [5.41, 5.74) is 3.35. The Balaban J connectivity index is 0.000000230. The quantitative estimate of drug-likeness (QED) is 0.195. The third kappa shape index (κ3) is 8.02. The fourth-order valence-corrected chi connectivity index (χ4v) is 6.53. The van der Waals surface area contributed by atoms with Crippen LogP contribution < -0.4 is 0 Å². The predicted molar refractivity (Wildman–Crippen MR) is 177 cm³/mol. The number of hydrogen-bond donors (Lipinski definition) is 1. The van der Waals surface area contributed by atoms with Crippen molar-refractivity contribution in [3.8, 4) is 0 Å². The summed E-state index contributed by atoms with van der Waals surface area (Å²) in [6.07, 6.45) is 3.53. The van der Waals surface area contributed by atoms with E-state index in [0.29, 0.717) is 12.1 Å². The Bertz CT molecular complexity index is 1170. The van der Waals surface area contributed by atoms with Crippen LogP contribution in [0.1, 0.15) is 54.5 Å². The van der Waals surface area contributed by atoms with Crippen molar-refractivity contribution in [3.05, 3.63) is 123 Å². The molecular formula is C35H46N2OS2. The molecule has 2 aromatic carbocycles. The second-order valence-electron chi connectivity index (χ2n) is 10.9. The van der Waals surface area contributed by atoms with Gasteiger partial charge < -0.3 is 14.9 Å². The maximum atomic E-state index is 11.1. The molecule has 2 aromatic heterocycles. The van der Waals surface area contributed by atoms with Crippen molar-refractivity contribution in [2.45, 2.75) is 57.2 Å². The smallest absolute Gasteiger partial charge is 0.0675 e. The highest BCUT2D eigenvalue weighted by molar-refractivity contribution is 7.13. The third-order valence-corrected chi connectivity index (χ3v) is 9.63. The molecule has 2 heterocycles. The molecule has 1 N–H and O–H groups in total. The highest BCUT2D eigenvalue weighted by atomic mass is 32.1. The molecular weight excluding hydrogens is 529 g/mol. The minimum absolute atomic E-state index is 0.358. The molecule has 0 saturated heterocycles. The first kappa shape index (κ1) is 32.0. The lowest BCUT2D eigenvalue weighted by Crippen LogP contribution is -2.45. The Morgan fingerprint density at radius 2 is 1.23 bits per heavy atom. The monoisotopic (exact) mass is 574 g/mol. The van der Waals surface area contributed by atoms with Crippen LogP contribution >= 0.6 is 22.7 Å². The largest absolute Gasteiger partial charge is 0.392 e. The van der Waals surface area contributed by atoms with Gasteiger partial charge in [-0.25, -0.2) is 0 Å². The second-order valence-corrected chi connectivity index (χ2v) is 12.8. The van der Waals surface area contributed by atoms with Gasteiger partial charge in [0.1, 0.15) is 0 Å². The number of aliphatic hydroxyl groups excluding tert-OH is 1. The van der Waals surface area contributed by atoms with Gasteiger partial charge in [-0.15, -0.1) is 22.7 Å². The molecule has 4 rings (SSSR count). The van der Waals surface area contributed by atoms with Crippen LogP contribution in [0, 0.1) is 0 Å². The average molecular weight is 575 g/mol. The molecule has 0 aliphatic carbocycles. The van der Waals surface area contributed by atoms with Gasteiger partial charge in [-0.1, -0.05) is 85.8 Å². The van der Waals surface area contributed by atoms with Gasteiger partial charge >= 0.3 is 0 Å². The topological polar surface area (TPSA) is 26.7 Å². The molecule has 3 nitrogen and oxygen atoms in total. The van der Waals surface area contributed by atoms with E-state index in [4.69, 9.17) is 0 Å². The molecule has 0 bridgehead atoms. The van der Waals surface area contributed by atoms with E-state index in [1.165, 1.54) is 26.5 Å². The van der Waals surface area contributed by atoms with Crippen molar-refractivity contribution < 1.29 is 5.11 Å². The van der Waals surface area contributed by atoms with Crippen LogP contribution in [0.2, 0.25) is 0 Å². The number of aliphatic hydroxyl groups is 1. The first-order valence-corrected chi connectivity index (χ1v) is 15.9. The molecule has 40 heavy (non-hydrogen) atoms. The molecule has 0 radical (unpaired) electrons. The number of nitrogens with zero attached hydrogens (tertiary/aromatic N) is 2. The Morgan fingerprint density at radius 1 is 0.750 bits per heavy atom. The van der Waals surface area contributed by atoms with Crippen LogP contribution in [0.4, 0.5) is 0 Å². The zero-order valence-electron chi connectivity index (χ0n) is 25.1. The first-order chi connectivity index (χ1) is 19.2. The lowest BCUT2D eigenvalue weighted by atomic mass is 9.66. The summed E-state index contributed by atoms with van der Waals surface area (Å²) in [4.78, 5) is 7.15. The van der Waals surface area contributed by atoms with Gasteiger partial charge in [0.2, 0.25) is 0 Å². The molecule has 0 aliphatic heterocycles. The first-order valence-electron chi connectivity index (χ1n) is 14.1. The van der Waals surface area contributed by atoms with Crippen molar-refractivity contribution >= 4 is 28.2 Å². The molecule has 0 spiro atoms. The second kappa shape index (κ2) is 15.5. The van der Waals surface area contributed by atoms with E-state index in [2.05, 4.69) is 148 Å². The molecule has 5 heteroatoms. The van der Waals surface area contributed by atoms with Crippen LogP contribution in [-0.2, 0) is 5.41 Å². The molecule has 4 aromatic rings. The van der Waals surface area contributed by atoms with Crippen molar-refractivity contribution in [1.29, 1.82) is 0 Å². The summed E-state index contributed by atoms with van der Waals surface area (Å²) in [5.74, 6) is 0. The predicted octanol–water partition coefficient (Wildman–Crippen LogP) is 8.28. The van der Waals surface area contributed by atoms with Gasteiger partial charge in [-0.05, 0) is 88.9 Å². The SMILES string of the molecule is CC(C=C(c1cccs1)c1cccs1)N(C)C.CCC(O)C(CC(C)N(C)C)(c1ccccc1)c1ccccc1. The third-order valence-electron chi connectivity index (χ3n) is 7.83. The Labute approximate surface area is 250 Å². The summed E-state index contributed by atoms with van der Waals surface area (Å²) in [7, 11) is 8.43. The van der Waals surface area contributed by atoms with Crippen molar-refractivity contribution in [1.82, 2.24) is 9.80 Å². The molecule has 3 atom stereocenters. The van der Waals surface area contributed by atoms with Crippen LogP contribution in [-0.4, -0.2) is 61.3 Å². The van der Waals surface area contributed by atoms with Crippen LogP contribution in [0.5, 0.6) is 0 Å². The van der Waals surface area contributed by atoms with Crippen LogP contribution in [0.25, 0.3) is 5.57 Å². The summed E-state index contributed by atoms with van der Waals surface area (Å²) >= 11 is 3.61. The highest BCUT2D eigenvalue weighted by Crippen LogP contribution is 2.41. The number of hydrogen-bond acceptors (Lipinski definition) is 5. The minimum atomic E-state index is -0.422. The maximum absolute atomic E-state index is 11.1. The number of thiophene rings is 2. The van der Waals surface area contributed by atoms with Gasteiger partial charge in [0, 0.05) is 32.8 Å². The Hall–Kier alpha value is -2.54. The van der Waals surface area contributed by atoms with Gasteiger partial charge in [-0.2, -0.15) is 0 Å². The van der Waals surface area contributed by atoms with Gasteiger partial charge in [-0.3, -0.25) is 0 Å². The van der Waals surface area contributed by atoms with Crippen LogP contribution in [0.3, 0.4) is 0 Å². The lowest BCUT2D eigenvalue weighted by molar-refractivity contribution is 0.0773. The maximum Gasteiger partial charge on any atom is 0.0675 e. The minimum Gasteiger partial charge on any atom is -0.392 e. The standard InChI is InChI=1S/C21H29NO.C14H17NS2/c1-5-20(23)21(16-17(2)22(3)4,18-12-8-6-9-13-18)19-14-10-7-11-15-19;1-11(15(2)3)10-12(13-6-4-8-16-13)14-7-5-9-17-14/h6-15,17,20,23H,5,16H2,1-4H3;4-11H,1-3H3. The van der Waals surface area contributed by atoms with Crippen molar-refractivity contribution in [3.63, 3.8) is 0 Å². The Kier molecular flexibility index (Phi) is 12.4. The number of likely N-dealkylation sites (N-methyl/N-ethyl adjacent to an activating group) is 1. The van der Waals surface area contributed by atoms with E-state index in [0.717, 1.165) is 12.8 Å². The molecule has 0 fully saturated rings. The highest BCUT2D eigenvalue weighted by Gasteiger charge is 2.41. The van der Waals surface area contributed by atoms with E-state index in [1.807, 2.05) is 12.1 Å². The molecule has 0 saturated carbocycles. The van der Waals surface area contributed by atoms with E-state index >= 15 is 0 Å². The number of rotatable bonds is 11. The summed E-state index contributed by atoms with van der Waals surface area (Å²) in [6.45, 7) is 6.51. The van der Waals surface area contributed by atoms with E-state index in [1.54, 1.807) is 22.7 Å². The normalized spacial score (nSPS) is 13.8.